The molecule has 1 heterocycles. The van der Waals surface area contributed by atoms with E-state index in [0.29, 0.717) is 6.42 Å². The quantitative estimate of drug-likeness (QED) is 0.729. The van der Waals surface area contributed by atoms with Crippen LogP contribution in [0, 0.1) is 0 Å². The lowest BCUT2D eigenvalue weighted by molar-refractivity contribution is -0.131. The van der Waals surface area contributed by atoms with Crippen LogP contribution < -0.4 is 5.32 Å². The van der Waals surface area contributed by atoms with E-state index in [9.17, 15) is 9.59 Å². The highest BCUT2D eigenvalue weighted by molar-refractivity contribution is 8.13. The molecule has 5 heteroatoms. The molecule has 0 aromatic rings. The Morgan fingerprint density at radius 2 is 1.94 bits per heavy atom. The van der Waals surface area contributed by atoms with Crippen molar-refractivity contribution in [2.24, 2.45) is 0 Å². The van der Waals surface area contributed by atoms with Crippen LogP contribution in [-0.4, -0.2) is 47.9 Å². The fourth-order valence-electron chi connectivity index (χ4n) is 1.67. The lowest BCUT2D eigenvalue weighted by Gasteiger charge is -2.27. The van der Waals surface area contributed by atoms with E-state index in [1.807, 2.05) is 4.90 Å². The number of amides is 1. The predicted octanol–water partition coefficient (Wildman–Crippen LogP) is 0.868. The first-order chi connectivity index (χ1) is 7.70. The van der Waals surface area contributed by atoms with Gasteiger partial charge in [0.15, 0.2) is 5.12 Å². The summed E-state index contributed by atoms with van der Waals surface area (Å²) in [4.78, 5) is 24.3. The summed E-state index contributed by atoms with van der Waals surface area (Å²) in [5, 5.41) is 3.38. The maximum atomic E-state index is 11.7. The van der Waals surface area contributed by atoms with E-state index in [2.05, 4.69) is 5.32 Å². The van der Waals surface area contributed by atoms with Gasteiger partial charge in [-0.1, -0.05) is 11.8 Å². The Bertz CT molecular complexity index is 240. The van der Waals surface area contributed by atoms with Crippen LogP contribution in [0.3, 0.4) is 0 Å². The van der Waals surface area contributed by atoms with E-state index in [-0.39, 0.29) is 11.0 Å². The number of carbonyl (C=O) groups excluding carboxylic acids is 2. The Labute approximate surface area is 101 Å². The van der Waals surface area contributed by atoms with Crippen LogP contribution in [0.4, 0.5) is 0 Å². The van der Waals surface area contributed by atoms with Gasteiger partial charge in [-0.15, -0.1) is 0 Å². The van der Waals surface area contributed by atoms with E-state index in [1.54, 1.807) is 6.92 Å². The van der Waals surface area contributed by atoms with Gasteiger partial charge >= 0.3 is 0 Å². The highest BCUT2D eigenvalue weighted by Gasteiger charge is 2.15. The van der Waals surface area contributed by atoms with Crippen LogP contribution in [0.2, 0.25) is 0 Å². The summed E-state index contributed by atoms with van der Waals surface area (Å²) < 4.78 is 0. The van der Waals surface area contributed by atoms with Crippen LogP contribution in [-0.2, 0) is 9.59 Å². The van der Waals surface area contributed by atoms with E-state index in [4.69, 9.17) is 0 Å². The highest BCUT2D eigenvalue weighted by Crippen LogP contribution is 2.08. The van der Waals surface area contributed by atoms with Gasteiger partial charge in [-0.2, -0.15) is 0 Å². The lowest BCUT2D eigenvalue weighted by Crippen LogP contribution is -2.46. The molecule has 1 N–H and O–H groups in total. The van der Waals surface area contributed by atoms with Gasteiger partial charge in [0, 0.05) is 45.3 Å². The molecule has 1 fully saturated rings. The lowest BCUT2D eigenvalue weighted by atomic mass is 10.2. The summed E-state index contributed by atoms with van der Waals surface area (Å²) in [7, 11) is 0. The Hall–Kier alpha value is -0.550. The number of nitrogens with one attached hydrogen (secondary N) is 1. The van der Waals surface area contributed by atoms with Gasteiger partial charge in [0.1, 0.15) is 0 Å². The molecule has 4 nitrogen and oxygen atoms in total. The van der Waals surface area contributed by atoms with Crippen molar-refractivity contribution < 1.29 is 9.59 Å². The third-order valence-corrected chi connectivity index (χ3v) is 3.46. The first kappa shape index (κ1) is 13.5. The van der Waals surface area contributed by atoms with Gasteiger partial charge in [-0.3, -0.25) is 9.59 Å². The van der Waals surface area contributed by atoms with Crippen LogP contribution in [0.25, 0.3) is 0 Å². The molecule has 0 saturated carbocycles. The van der Waals surface area contributed by atoms with Crippen molar-refractivity contribution in [1.82, 2.24) is 10.2 Å². The molecule has 0 spiro atoms. The molecular weight excluding hydrogens is 224 g/mol. The Balaban J connectivity index is 2.03. The van der Waals surface area contributed by atoms with Gasteiger partial charge in [0.05, 0.1) is 0 Å². The topological polar surface area (TPSA) is 49.4 Å². The number of thioether (sulfide) groups is 1. The minimum Gasteiger partial charge on any atom is -0.340 e. The van der Waals surface area contributed by atoms with Crippen molar-refractivity contribution in [3.63, 3.8) is 0 Å². The molecule has 0 bridgehead atoms. The number of unbranched alkanes of at least 4 members (excludes halogenated alkanes) is 1. The SMILES string of the molecule is CC(=O)SCCCCC(=O)N1CCNCC1. The first-order valence-electron chi connectivity index (χ1n) is 5.82. The predicted molar refractivity (Wildman–Crippen MR) is 66.4 cm³/mol. The number of hydrogen-bond donors (Lipinski definition) is 1. The summed E-state index contributed by atoms with van der Waals surface area (Å²) in [6.07, 6.45) is 2.46. The third kappa shape index (κ3) is 5.51. The molecular formula is C11H20N2O2S. The number of piperazine rings is 1. The molecule has 0 aromatic carbocycles. The summed E-state index contributed by atoms with van der Waals surface area (Å²) in [5.74, 6) is 1.10. The van der Waals surface area contributed by atoms with E-state index in [1.165, 1.54) is 11.8 Å². The van der Waals surface area contributed by atoms with E-state index >= 15 is 0 Å². The third-order valence-electron chi connectivity index (χ3n) is 2.56. The van der Waals surface area contributed by atoms with Crippen molar-refractivity contribution in [3.05, 3.63) is 0 Å². The molecule has 1 aliphatic heterocycles. The molecule has 0 aromatic heterocycles. The molecule has 16 heavy (non-hydrogen) atoms. The number of rotatable bonds is 5. The van der Waals surface area contributed by atoms with Crippen LogP contribution in [0.1, 0.15) is 26.2 Å². The molecule has 1 saturated heterocycles. The fourth-order valence-corrected chi connectivity index (χ4v) is 2.30. The van der Waals surface area contributed by atoms with Crippen molar-refractivity contribution in [3.8, 4) is 0 Å². The average molecular weight is 244 g/mol. The van der Waals surface area contributed by atoms with Gasteiger partial charge in [-0.25, -0.2) is 0 Å². The second-order valence-corrected chi connectivity index (χ2v) is 5.20. The zero-order valence-electron chi connectivity index (χ0n) is 9.83. The minimum atomic E-state index is 0.161. The number of carbonyl (C=O) groups is 2. The van der Waals surface area contributed by atoms with Crippen molar-refractivity contribution >= 4 is 22.8 Å². The first-order valence-corrected chi connectivity index (χ1v) is 6.80. The maximum Gasteiger partial charge on any atom is 0.222 e. The van der Waals surface area contributed by atoms with Gasteiger partial charge in [0.25, 0.3) is 0 Å². The standard InChI is InChI=1S/C11H20N2O2S/c1-10(14)16-9-3-2-4-11(15)13-7-5-12-6-8-13/h12H,2-9H2,1H3. The second kappa shape index (κ2) is 7.68. The van der Waals surface area contributed by atoms with Crippen molar-refractivity contribution in [2.45, 2.75) is 26.2 Å². The van der Waals surface area contributed by atoms with Crippen molar-refractivity contribution in [2.75, 3.05) is 31.9 Å². The number of hydrogen-bond acceptors (Lipinski definition) is 4. The average Bonchev–Trinajstić information content (AvgIpc) is 2.29. The smallest absolute Gasteiger partial charge is 0.222 e. The zero-order chi connectivity index (χ0) is 11.8. The molecule has 1 amide bonds. The molecule has 0 radical (unpaired) electrons. The molecule has 1 aliphatic rings. The van der Waals surface area contributed by atoms with E-state index < -0.39 is 0 Å². The van der Waals surface area contributed by atoms with Crippen molar-refractivity contribution in [1.29, 1.82) is 0 Å². The summed E-state index contributed by atoms with van der Waals surface area (Å²) in [5.41, 5.74) is 0. The largest absolute Gasteiger partial charge is 0.340 e. The second-order valence-electron chi connectivity index (χ2n) is 3.93. The van der Waals surface area contributed by atoms with Gasteiger partial charge in [-0.05, 0) is 12.8 Å². The normalized spacial score (nSPS) is 16.2. The monoisotopic (exact) mass is 244 g/mol. The summed E-state index contributed by atoms with van der Waals surface area (Å²) >= 11 is 1.34. The van der Waals surface area contributed by atoms with Crippen LogP contribution in [0.5, 0.6) is 0 Å². The summed E-state index contributed by atoms with van der Waals surface area (Å²) in [6, 6.07) is 0. The van der Waals surface area contributed by atoms with Crippen LogP contribution >= 0.6 is 11.8 Å². The van der Waals surface area contributed by atoms with E-state index in [0.717, 1.165) is 44.8 Å². The Morgan fingerprint density at radius 3 is 2.56 bits per heavy atom. The summed E-state index contributed by atoms with van der Waals surface area (Å²) in [6.45, 7) is 5.07. The molecule has 1 rings (SSSR count). The Kier molecular flexibility index (Phi) is 6.49. The Morgan fingerprint density at radius 1 is 1.25 bits per heavy atom. The molecule has 0 atom stereocenters. The van der Waals surface area contributed by atoms with Gasteiger partial charge in [0.2, 0.25) is 5.91 Å². The maximum absolute atomic E-state index is 11.7. The minimum absolute atomic E-state index is 0.161. The molecule has 92 valence electrons. The number of nitrogens with zero attached hydrogens (tertiary/aromatic N) is 1. The fraction of sp³-hybridized carbons (Fsp3) is 0.818. The zero-order valence-corrected chi connectivity index (χ0v) is 10.6. The molecule has 0 aliphatic carbocycles. The van der Waals surface area contributed by atoms with Gasteiger partial charge < -0.3 is 10.2 Å². The highest BCUT2D eigenvalue weighted by atomic mass is 32.2. The van der Waals surface area contributed by atoms with Crippen LogP contribution in [0.15, 0.2) is 0 Å². The molecule has 0 unspecified atom stereocenters.